The minimum Gasteiger partial charge on any atom is -0.479 e. The maximum Gasteiger partial charge on any atom is 0.407 e. The van der Waals surface area contributed by atoms with Crippen molar-refractivity contribution in [3.05, 3.63) is 12.7 Å². The third-order valence-electron chi connectivity index (χ3n) is 1.06. The summed E-state index contributed by atoms with van der Waals surface area (Å²) in [6.45, 7) is 2.96. The lowest BCUT2D eigenvalue weighted by atomic mass is 10.4. The predicted octanol–water partition coefficient (Wildman–Crippen LogP) is -0.656. The van der Waals surface area contributed by atoms with Gasteiger partial charge in [0.25, 0.3) is 0 Å². The fourth-order valence-corrected chi connectivity index (χ4v) is 0.453. The van der Waals surface area contributed by atoms with Gasteiger partial charge >= 0.3 is 12.1 Å². The lowest BCUT2D eigenvalue weighted by Gasteiger charge is -2.06. The zero-order valence-corrected chi connectivity index (χ0v) is 6.90. The SMILES string of the molecule is C=CCOC(=O)NCC(O)C(=O)O. The summed E-state index contributed by atoms with van der Waals surface area (Å²) < 4.78 is 4.45. The Balaban J connectivity index is 3.57. The maximum absolute atomic E-state index is 10.6. The fraction of sp³-hybridized carbons (Fsp3) is 0.429. The molecule has 0 fully saturated rings. The molecule has 13 heavy (non-hydrogen) atoms. The van der Waals surface area contributed by atoms with Gasteiger partial charge in [0.2, 0.25) is 0 Å². The molecule has 1 atom stereocenters. The number of aliphatic hydroxyl groups is 1. The number of aliphatic hydroxyl groups excluding tert-OH is 1. The summed E-state index contributed by atoms with van der Waals surface area (Å²) in [6.07, 6.45) is -1.04. The van der Waals surface area contributed by atoms with Crippen LogP contribution >= 0.6 is 0 Å². The lowest BCUT2D eigenvalue weighted by Crippen LogP contribution is -2.36. The third-order valence-corrected chi connectivity index (χ3v) is 1.06. The van der Waals surface area contributed by atoms with Gasteiger partial charge in [0, 0.05) is 0 Å². The molecule has 0 bridgehead atoms. The van der Waals surface area contributed by atoms with Crippen molar-refractivity contribution >= 4 is 12.1 Å². The van der Waals surface area contributed by atoms with E-state index in [1.807, 2.05) is 0 Å². The molecule has 0 aromatic heterocycles. The molecule has 3 N–H and O–H groups in total. The van der Waals surface area contributed by atoms with Gasteiger partial charge in [0.15, 0.2) is 6.10 Å². The van der Waals surface area contributed by atoms with E-state index in [-0.39, 0.29) is 13.2 Å². The van der Waals surface area contributed by atoms with Crippen LogP contribution in [0.2, 0.25) is 0 Å². The van der Waals surface area contributed by atoms with E-state index in [2.05, 4.69) is 16.6 Å². The Labute approximate surface area is 74.8 Å². The molecule has 0 aliphatic heterocycles. The molecule has 0 spiro atoms. The molecule has 6 nitrogen and oxygen atoms in total. The minimum atomic E-state index is -1.61. The smallest absolute Gasteiger partial charge is 0.407 e. The summed E-state index contributed by atoms with van der Waals surface area (Å²) in [5.41, 5.74) is 0. The molecule has 0 aromatic carbocycles. The van der Waals surface area contributed by atoms with Crippen molar-refractivity contribution in [2.24, 2.45) is 0 Å². The maximum atomic E-state index is 10.6. The number of hydrogen-bond donors (Lipinski definition) is 3. The highest BCUT2D eigenvalue weighted by molar-refractivity contribution is 5.74. The summed E-state index contributed by atoms with van der Waals surface area (Å²) in [6, 6.07) is 0. The molecule has 0 radical (unpaired) electrons. The first-order valence-electron chi connectivity index (χ1n) is 3.50. The van der Waals surface area contributed by atoms with E-state index in [1.165, 1.54) is 6.08 Å². The monoisotopic (exact) mass is 189 g/mol. The number of rotatable bonds is 5. The standard InChI is InChI=1S/C7H11NO5/c1-2-3-13-7(12)8-4-5(9)6(10)11/h2,5,9H,1,3-4H2,(H,8,12)(H,10,11). The molecule has 0 rings (SSSR count). The highest BCUT2D eigenvalue weighted by Crippen LogP contribution is 1.82. The highest BCUT2D eigenvalue weighted by atomic mass is 16.5. The summed E-state index contributed by atoms with van der Waals surface area (Å²) in [7, 11) is 0. The first-order chi connectivity index (χ1) is 6.07. The van der Waals surface area contributed by atoms with Crippen molar-refractivity contribution in [1.29, 1.82) is 0 Å². The van der Waals surface area contributed by atoms with Crippen LogP contribution in [0.1, 0.15) is 0 Å². The van der Waals surface area contributed by atoms with Crippen LogP contribution in [0.3, 0.4) is 0 Å². The van der Waals surface area contributed by atoms with Crippen molar-refractivity contribution in [3.63, 3.8) is 0 Å². The fourth-order valence-electron chi connectivity index (χ4n) is 0.453. The molecule has 0 saturated heterocycles. The first-order valence-corrected chi connectivity index (χ1v) is 3.50. The third kappa shape index (κ3) is 5.68. The molecule has 0 aliphatic rings. The van der Waals surface area contributed by atoms with Gasteiger partial charge in [-0.3, -0.25) is 0 Å². The van der Waals surface area contributed by atoms with E-state index in [0.29, 0.717) is 0 Å². The van der Waals surface area contributed by atoms with Crippen LogP contribution in [0.5, 0.6) is 0 Å². The zero-order chi connectivity index (χ0) is 10.3. The van der Waals surface area contributed by atoms with Gasteiger partial charge in [-0.05, 0) is 0 Å². The van der Waals surface area contributed by atoms with Crippen molar-refractivity contribution in [3.8, 4) is 0 Å². The van der Waals surface area contributed by atoms with Crippen LogP contribution in [-0.4, -0.2) is 41.5 Å². The average molecular weight is 189 g/mol. The highest BCUT2D eigenvalue weighted by Gasteiger charge is 2.13. The molecular formula is C7H11NO5. The van der Waals surface area contributed by atoms with Gasteiger partial charge in [0.1, 0.15) is 6.61 Å². The molecule has 74 valence electrons. The quantitative estimate of drug-likeness (QED) is 0.499. The predicted molar refractivity (Wildman–Crippen MR) is 43.2 cm³/mol. The molecular weight excluding hydrogens is 178 g/mol. The second-order valence-corrected chi connectivity index (χ2v) is 2.12. The minimum absolute atomic E-state index is 0.0367. The number of aliphatic carboxylic acids is 1. The van der Waals surface area contributed by atoms with Crippen LogP contribution in [-0.2, 0) is 9.53 Å². The Hall–Kier alpha value is -1.56. The van der Waals surface area contributed by atoms with Gasteiger partial charge < -0.3 is 20.3 Å². The van der Waals surface area contributed by atoms with Crippen LogP contribution in [0.4, 0.5) is 4.79 Å². The van der Waals surface area contributed by atoms with E-state index in [1.54, 1.807) is 0 Å². The lowest BCUT2D eigenvalue weighted by molar-refractivity contribution is -0.146. The second kappa shape index (κ2) is 6.01. The topological polar surface area (TPSA) is 95.9 Å². The molecule has 0 aromatic rings. The molecule has 0 heterocycles. The summed E-state index contributed by atoms with van der Waals surface area (Å²) in [5, 5.41) is 19.0. The number of alkyl carbamates (subject to hydrolysis) is 1. The van der Waals surface area contributed by atoms with Crippen molar-refractivity contribution < 1.29 is 24.5 Å². The number of carboxylic acids is 1. The van der Waals surface area contributed by atoms with Gasteiger partial charge in [-0.25, -0.2) is 9.59 Å². The number of nitrogens with one attached hydrogen (secondary N) is 1. The summed E-state index contributed by atoms with van der Waals surface area (Å²) in [5.74, 6) is -1.40. The zero-order valence-electron chi connectivity index (χ0n) is 6.90. The van der Waals surface area contributed by atoms with Crippen molar-refractivity contribution in [2.45, 2.75) is 6.10 Å². The summed E-state index contributed by atoms with van der Waals surface area (Å²) in [4.78, 5) is 20.7. The van der Waals surface area contributed by atoms with Crippen LogP contribution < -0.4 is 5.32 Å². The molecule has 0 saturated carbocycles. The van der Waals surface area contributed by atoms with E-state index in [0.717, 1.165) is 0 Å². The van der Waals surface area contributed by atoms with E-state index in [4.69, 9.17) is 10.2 Å². The van der Waals surface area contributed by atoms with E-state index >= 15 is 0 Å². The van der Waals surface area contributed by atoms with Gasteiger partial charge in [-0.1, -0.05) is 12.7 Å². The molecule has 1 amide bonds. The van der Waals surface area contributed by atoms with Crippen molar-refractivity contribution in [2.75, 3.05) is 13.2 Å². The van der Waals surface area contributed by atoms with Crippen LogP contribution in [0.25, 0.3) is 0 Å². The Morgan fingerprint density at radius 1 is 1.62 bits per heavy atom. The Kier molecular flexibility index (Phi) is 5.29. The molecule has 0 aliphatic carbocycles. The number of ether oxygens (including phenoxy) is 1. The molecule has 1 unspecified atom stereocenters. The normalized spacial score (nSPS) is 11.5. The number of carboxylic acid groups (broad SMARTS) is 1. The van der Waals surface area contributed by atoms with E-state index in [9.17, 15) is 9.59 Å². The Bertz CT molecular complexity index is 203. The largest absolute Gasteiger partial charge is 0.479 e. The van der Waals surface area contributed by atoms with Gasteiger partial charge in [0.05, 0.1) is 6.54 Å². The van der Waals surface area contributed by atoms with E-state index < -0.39 is 18.2 Å². The summed E-state index contributed by atoms with van der Waals surface area (Å²) >= 11 is 0. The average Bonchev–Trinajstić information content (AvgIpc) is 2.10. The number of hydrogen-bond acceptors (Lipinski definition) is 4. The Morgan fingerprint density at radius 2 is 2.23 bits per heavy atom. The second-order valence-electron chi connectivity index (χ2n) is 2.12. The Morgan fingerprint density at radius 3 is 2.69 bits per heavy atom. The molecule has 6 heteroatoms. The number of carbonyl (C=O) groups excluding carboxylic acids is 1. The van der Waals surface area contributed by atoms with Crippen LogP contribution in [0, 0.1) is 0 Å². The van der Waals surface area contributed by atoms with Crippen molar-refractivity contribution in [1.82, 2.24) is 5.32 Å². The van der Waals surface area contributed by atoms with Gasteiger partial charge in [-0.2, -0.15) is 0 Å². The van der Waals surface area contributed by atoms with Crippen LogP contribution in [0.15, 0.2) is 12.7 Å². The number of carbonyl (C=O) groups is 2. The number of amides is 1. The van der Waals surface area contributed by atoms with Gasteiger partial charge in [-0.15, -0.1) is 0 Å². The first kappa shape index (κ1) is 11.4.